The van der Waals surface area contributed by atoms with E-state index >= 15 is 0 Å². The Labute approximate surface area is 169 Å². The molecule has 1 saturated heterocycles. The molecule has 0 saturated carbocycles. The second kappa shape index (κ2) is 6.71. The molecule has 28 heavy (non-hydrogen) atoms. The Morgan fingerprint density at radius 2 is 1.57 bits per heavy atom. The molecule has 3 aromatic rings. The molecule has 2 heterocycles. The maximum Gasteiger partial charge on any atom is 0.271 e. The molecule has 3 unspecified atom stereocenters. The minimum Gasteiger partial charge on any atom is -0.478 e. The van der Waals surface area contributed by atoms with Crippen molar-refractivity contribution in [2.45, 2.75) is 35.1 Å². The first kappa shape index (κ1) is 17.4. The van der Waals surface area contributed by atoms with Crippen molar-refractivity contribution in [1.82, 2.24) is 0 Å². The molecule has 0 aromatic heterocycles. The fourth-order valence-corrected chi connectivity index (χ4v) is 5.66. The molecule has 3 nitrogen and oxygen atoms in total. The quantitative estimate of drug-likeness (QED) is 0.574. The standard InChI is InChI=1S/C24H21NO2S/c1-17-16-24(18-10-4-2-5-11-18)22(27-19-12-6-3-7-13-19)23(26)25(24)20-14-8-9-15-21(20)28-17/h2-15,17,22H,16H2,1H3. The van der Waals surface area contributed by atoms with E-state index in [1.54, 1.807) is 0 Å². The normalized spacial score (nSPS) is 25.9. The number of carbonyl (C=O) groups is 1. The van der Waals surface area contributed by atoms with Crippen LogP contribution < -0.4 is 9.64 Å². The highest BCUT2D eigenvalue weighted by atomic mass is 32.2. The number of amides is 1. The van der Waals surface area contributed by atoms with Gasteiger partial charge in [0.15, 0.2) is 0 Å². The highest BCUT2D eigenvalue weighted by Crippen LogP contribution is 2.55. The number of para-hydroxylation sites is 2. The summed E-state index contributed by atoms with van der Waals surface area (Å²) in [5, 5.41) is 0.348. The van der Waals surface area contributed by atoms with E-state index in [1.165, 1.54) is 0 Å². The monoisotopic (exact) mass is 387 g/mol. The van der Waals surface area contributed by atoms with Crippen LogP contribution >= 0.6 is 11.8 Å². The highest BCUT2D eigenvalue weighted by Gasteiger charge is 2.65. The van der Waals surface area contributed by atoms with Crippen molar-refractivity contribution in [3.05, 3.63) is 90.5 Å². The van der Waals surface area contributed by atoms with Crippen molar-refractivity contribution in [3.63, 3.8) is 0 Å². The largest absolute Gasteiger partial charge is 0.478 e. The van der Waals surface area contributed by atoms with Crippen molar-refractivity contribution >= 4 is 23.4 Å². The zero-order chi connectivity index (χ0) is 19.1. The number of nitrogens with zero attached hydrogens (tertiary/aromatic N) is 1. The summed E-state index contributed by atoms with van der Waals surface area (Å²) in [6, 6.07) is 28.2. The zero-order valence-corrected chi connectivity index (χ0v) is 16.4. The first-order valence-electron chi connectivity index (χ1n) is 9.57. The van der Waals surface area contributed by atoms with Crippen molar-refractivity contribution < 1.29 is 9.53 Å². The van der Waals surface area contributed by atoms with Crippen LogP contribution in [-0.2, 0) is 10.3 Å². The van der Waals surface area contributed by atoms with E-state index in [4.69, 9.17) is 4.74 Å². The molecule has 0 spiro atoms. The SMILES string of the molecule is CC1CC2(c3ccccc3)C(Oc3ccccc3)C(=O)N2c2ccccc2S1. The van der Waals surface area contributed by atoms with Gasteiger partial charge in [0.25, 0.3) is 5.91 Å². The summed E-state index contributed by atoms with van der Waals surface area (Å²) in [7, 11) is 0. The van der Waals surface area contributed by atoms with Gasteiger partial charge in [-0.05, 0) is 36.2 Å². The Kier molecular flexibility index (Phi) is 4.17. The summed E-state index contributed by atoms with van der Waals surface area (Å²) in [5.41, 5.74) is 1.60. The third-order valence-corrected chi connectivity index (χ3v) is 6.75. The molecule has 2 aliphatic heterocycles. The van der Waals surface area contributed by atoms with Gasteiger partial charge in [-0.15, -0.1) is 11.8 Å². The molecule has 140 valence electrons. The van der Waals surface area contributed by atoms with Gasteiger partial charge in [0.1, 0.15) is 11.3 Å². The average Bonchev–Trinajstić information content (AvgIpc) is 2.85. The van der Waals surface area contributed by atoms with Crippen LogP contribution in [0.4, 0.5) is 5.69 Å². The summed E-state index contributed by atoms with van der Waals surface area (Å²) in [6.45, 7) is 2.23. The van der Waals surface area contributed by atoms with Crippen LogP contribution in [-0.4, -0.2) is 17.3 Å². The lowest BCUT2D eigenvalue weighted by Crippen LogP contribution is -2.74. The molecule has 1 amide bonds. The van der Waals surface area contributed by atoms with Crippen LogP contribution in [0.25, 0.3) is 0 Å². The zero-order valence-electron chi connectivity index (χ0n) is 15.6. The number of thioether (sulfide) groups is 1. The molecule has 3 atom stereocenters. The lowest BCUT2D eigenvalue weighted by molar-refractivity contribution is -0.142. The number of hydrogen-bond acceptors (Lipinski definition) is 3. The first-order valence-corrected chi connectivity index (χ1v) is 10.4. The molecule has 0 aliphatic carbocycles. The third-order valence-electron chi connectivity index (χ3n) is 5.58. The molecule has 0 radical (unpaired) electrons. The molecular weight excluding hydrogens is 366 g/mol. The molecule has 1 fully saturated rings. The van der Waals surface area contributed by atoms with Crippen molar-refractivity contribution in [1.29, 1.82) is 0 Å². The van der Waals surface area contributed by atoms with Gasteiger partial charge in [0.2, 0.25) is 6.10 Å². The first-order chi connectivity index (χ1) is 13.7. The molecule has 0 N–H and O–H groups in total. The molecule has 4 heteroatoms. The van der Waals surface area contributed by atoms with Crippen LogP contribution in [0, 0.1) is 0 Å². The molecular formula is C24H21NO2S. The number of rotatable bonds is 3. The number of anilines is 1. The molecule has 5 rings (SSSR count). The van der Waals surface area contributed by atoms with Gasteiger partial charge in [0.05, 0.1) is 5.69 Å². The van der Waals surface area contributed by atoms with E-state index in [-0.39, 0.29) is 5.91 Å². The number of β-lactam (4-membered cyclic amide) rings is 1. The number of carbonyl (C=O) groups excluding carboxylic acids is 1. The van der Waals surface area contributed by atoms with E-state index in [2.05, 4.69) is 31.2 Å². The highest BCUT2D eigenvalue weighted by molar-refractivity contribution is 8.00. The van der Waals surface area contributed by atoms with Crippen LogP contribution in [0.1, 0.15) is 18.9 Å². The molecule has 0 bridgehead atoms. The smallest absolute Gasteiger partial charge is 0.271 e. The number of fused-ring (bicyclic) bond motifs is 3. The lowest BCUT2D eigenvalue weighted by Gasteiger charge is -2.56. The van der Waals surface area contributed by atoms with Crippen LogP contribution in [0.3, 0.4) is 0 Å². The van der Waals surface area contributed by atoms with Gasteiger partial charge in [-0.3, -0.25) is 9.69 Å². The fraction of sp³-hybridized carbons (Fsp3) is 0.208. The number of benzene rings is 3. The number of hydrogen-bond donors (Lipinski definition) is 0. The van der Waals surface area contributed by atoms with Gasteiger partial charge >= 0.3 is 0 Å². The maximum atomic E-state index is 13.4. The minimum absolute atomic E-state index is 0.0230. The van der Waals surface area contributed by atoms with Gasteiger partial charge in [0, 0.05) is 10.1 Å². The Morgan fingerprint density at radius 3 is 2.32 bits per heavy atom. The van der Waals surface area contributed by atoms with Crippen molar-refractivity contribution in [2.75, 3.05) is 4.90 Å². The predicted octanol–water partition coefficient (Wildman–Crippen LogP) is 5.26. The molecule has 3 aromatic carbocycles. The van der Waals surface area contributed by atoms with Gasteiger partial charge in [-0.25, -0.2) is 0 Å². The average molecular weight is 388 g/mol. The van der Waals surface area contributed by atoms with E-state index in [1.807, 2.05) is 77.3 Å². The van der Waals surface area contributed by atoms with E-state index < -0.39 is 11.6 Å². The summed E-state index contributed by atoms with van der Waals surface area (Å²) < 4.78 is 6.31. The number of ether oxygens (including phenoxy) is 1. The van der Waals surface area contributed by atoms with E-state index in [9.17, 15) is 4.79 Å². The Hall–Kier alpha value is -2.72. The van der Waals surface area contributed by atoms with Crippen LogP contribution in [0.2, 0.25) is 0 Å². The summed E-state index contributed by atoms with van der Waals surface area (Å²) in [6.07, 6.45) is 0.297. The van der Waals surface area contributed by atoms with Crippen molar-refractivity contribution in [2.24, 2.45) is 0 Å². The topological polar surface area (TPSA) is 29.5 Å². The van der Waals surface area contributed by atoms with Crippen molar-refractivity contribution in [3.8, 4) is 5.75 Å². The van der Waals surface area contributed by atoms with Gasteiger partial charge in [-0.1, -0.05) is 67.6 Å². The van der Waals surface area contributed by atoms with E-state index in [0.29, 0.717) is 5.25 Å². The Bertz CT molecular complexity index is 1010. The summed E-state index contributed by atoms with van der Waals surface area (Å²) in [4.78, 5) is 16.5. The van der Waals surface area contributed by atoms with Gasteiger partial charge in [-0.2, -0.15) is 0 Å². The van der Waals surface area contributed by atoms with Crippen LogP contribution in [0.15, 0.2) is 89.8 Å². The van der Waals surface area contributed by atoms with Crippen LogP contribution in [0.5, 0.6) is 5.75 Å². The maximum absolute atomic E-state index is 13.4. The second-order valence-corrected chi connectivity index (χ2v) is 8.86. The molecule has 2 aliphatic rings. The second-order valence-electron chi connectivity index (χ2n) is 7.38. The Morgan fingerprint density at radius 1 is 0.929 bits per heavy atom. The van der Waals surface area contributed by atoms with E-state index in [0.717, 1.165) is 28.3 Å². The summed E-state index contributed by atoms with van der Waals surface area (Å²) >= 11 is 1.83. The lowest BCUT2D eigenvalue weighted by atomic mass is 9.71. The Balaban J connectivity index is 1.67. The third kappa shape index (κ3) is 2.55. The predicted molar refractivity (Wildman–Crippen MR) is 113 cm³/mol. The fourth-order valence-electron chi connectivity index (χ4n) is 4.45. The minimum atomic E-state index is -0.536. The van der Waals surface area contributed by atoms with Gasteiger partial charge < -0.3 is 4.74 Å². The summed E-state index contributed by atoms with van der Waals surface area (Å²) in [5.74, 6) is 0.753.